The fourth-order valence-electron chi connectivity index (χ4n) is 6.81. The summed E-state index contributed by atoms with van der Waals surface area (Å²) < 4.78 is 6.33. The molecule has 2 fully saturated rings. The van der Waals surface area contributed by atoms with Crippen molar-refractivity contribution in [3.63, 3.8) is 0 Å². The van der Waals surface area contributed by atoms with Gasteiger partial charge in [-0.1, -0.05) is 18.2 Å². The van der Waals surface area contributed by atoms with Crippen LogP contribution in [0.4, 0.5) is 0 Å². The molecule has 9 heteroatoms. The largest absolute Gasteiger partial charge is 0.488 e. The molecule has 0 bridgehead atoms. The molecule has 208 valence electrons. The number of hydrogen-bond acceptors (Lipinski definition) is 6. The molecule has 3 aliphatic rings. The fraction of sp³-hybridized carbons (Fsp3) is 0.344. The van der Waals surface area contributed by atoms with Gasteiger partial charge in [-0.25, -0.2) is 9.97 Å². The molecular weight excluding hydrogens is 514 g/mol. The van der Waals surface area contributed by atoms with Crippen LogP contribution in [0.2, 0.25) is 0 Å². The van der Waals surface area contributed by atoms with Crippen molar-refractivity contribution in [3.8, 4) is 28.1 Å². The first kappa shape index (κ1) is 24.6. The number of rotatable bonds is 5. The summed E-state index contributed by atoms with van der Waals surface area (Å²) in [6.45, 7) is 2.67. The molecule has 3 aromatic carbocycles. The maximum absolute atomic E-state index is 12.7. The number of carbonyl (C=O) groups is 1. The molecule has 2 atom stereocenters. The molecule has 5 heterocycles. The lowest BCUT2D eigenvalue weighted by Crippen LogP contribution is -2.37. The summed E-state index contributed by atoms with van der Waals surface area (Å²) in [4.78, 5) is 31.4. The highest BCUT2D eigenvalue weighted by molar-refractivity contribution is 6.07. The summed E-state index contributed by atoms with van der Waals surface area (Å²) in [6, 6.07) is 15.5. The quantitative estimate of drug-likeness (QED) is 0.247. The molecule has 0 radical (unpaired) electrons. The maximum Gasteiger partial charge on any atom is 0.237 e. The van der Waals surface area contributed by atoms with Gasteiger partial charge in [0.25, 0.3) is 0 Å². The first-order valence-electron chi connectivity index (χ1n) is 14.6. The number of nitrogens with one attached hydrogen (secondary N) is 4. The van der Waals surface area contributed by atoms with Gasteiger partial charge < -0.3 is 30.2 Å². The van der Waals surface area contributed by atoms with E-state index in [0.717, 1.165) is 88.4 Å². The van der Waals surface area contributed by atoms with Crippen LogP contribution in [0, 0.1) is 0 Å². The minimum atomic E-state index is -0.0198. The number of amides is 1. The van der Waals surface area contributed by atoms with Gasteiger partial charge in [-0.05, 0) is 85.6 Å². The van der Waals surface area contributed by atoms with Crippen LogP contribution in [-0.4, -0.2) is 57.4 Å². The number of aromatic nitrogens is 4. The van der Waals surface area contributed by atoms with Crippen LogP contribution in [0.25, 0.3) is 44.2 Å². The third kappa shape index (κ3) is 4.10. The smallest absolute Gasteiger partial charge is 0.237 e. The number of fused-ring (bicyclic) bond motifs is 6. The van der Waals surface area contributed by atoms with Gasteiger partial charge in [0.05, 0.1) is 41.6 Å². The Bertz CT molecular complexity index is 1800. The summed E-state index contributed by atoms with van der Waals surface area (Å²) in [5.74, 6) is 2.86. The van der Waals surface area contributed by atoms with Crippen molar-refractivity contribution in [3.05, 3.63) is 65.9 Å². The number of ether oxygens (including phenoxy) is 1. The number of hydrogen-bond donors (Lipinski definition) is 4. The molecule has 41 heavy (non-hydrogen) atoms. The number of H-pyrrole nitrogens is 2. The molecule has 9 nitrogen and oxygen atoms in total. The summed E-state index contributed by atoms with van der Waals surface area (Å²) in [5, 5.41) is 8.67. The Morgan fingerprint density at radius 3 is 2.90 bits per heavy atom. The molecule has 5 aromatic rings. The Balaban J connectivity index is 1.13. The second-order valence-corrected chi connectivity index (χ2v) is 11.4. The third-order valence-corrected chi connectivity index (χ3v) is 8.88. The van der Waals surface area contributed by atoms with E-state index in [-0.39, 0.29) is 11.9 Å². The summed E-state index contributed by atoms with van der Waals surface area (Å²) in [5.41, 5.74) is 7.51. The van der Waals surface area contributed by atoms with Crippen LogP contribution in [-0.2, 0) is 11.4 Å². The number of aromatic amines is 2. The number of likely N-dealkylation sites (tertiary alicyclic amines) is 1. The highest BCUT2D eigenvalue weighted by atomic mass is 16.5. The van der Waals surface area contributed by atoms with Gasteiger partial charge >= 0.3 is 0 Å². The second kappa shape index (κ2) is 9.71. The number of carbonyl (C=O) groups excluding carboxylic acids is 1. The predicted molar refractivity (Wildman–Crippen MR) is 159 cm³/mol. The zero-order valence-electron chi connectivity index (χ0n) is 23.1. The Kier molecular flexibility index (Phi) is 5.82. The number of nitrogens with zero attached hydrogens (tertiary/aromatic N) is 3. The normalized spacial score (nSPS) is 20.0. The van der Waals surface area contributed by atoms with E-state index in [1.807, 2.05) is 11.1 Å². The minimum Gasteiger partial charge on any atom is -0.488 e. The van der Waals surface area contributed by atoms with Crippen LogP contribution < -0.4 is 15.4 Å². The molecule has 1 unspecified atom stereocenters. The second-order valence-electron chi connectivity index (χ2n) is 11.4. The summed E-state index contributed by atoms with van der Waals surface area (Å²) in [6.07, 6.45) is 6.15. The topological polar surface area (TPSA) is 111 Å². The average Bonchev–Trinajstić information content (AvgIpc) is 3.81. The first-order valence-corrected chi connectivity index (χ1v) is 14.6. The van der Waals surface area contributed by atoms with E-state index in [2.05, 4.69) is 68.1 Å². The van der Waals surface area contributed by atoms with Crippen LogP contribution >= 0.6 is 0 Å². The van der Waals surface area contributed by atoms with E-state index in [0.29, 0.717) is 19.2 Å². The van der Waals surface area contributed by atoms with Crippen molar-refractivity contribution in [1.82, 2.24) is 35.5 Å². The average molecular weight is 548 g/mol. The monoisotopic (exact) mass is 547 g/mol. The Morgan fingerprint density at radius 2 is 2.02 bits per heavy atom. The van der Waals surface area contributed by atoms with Gasteiger partial charge in [-0.15, -0.1) is 0 Å². The third-order valence-electron chi connectivity index (χ3n) is 8.88. The summed E-state index contributed by atoms with van der Waals surface area (Å²) in [7, 11) is 1.81. The van der Waals surface area contributed by atoms with E-state index in [1.165, 1.54) is 17.5 Å². The molecule has 2 aromatic heterocycles. The molecule has 4 N–H and O–H groups in total. The Hall–Kier alpha value is -4.21. The van der Waals surface area contributed by atoms with Crippen molar-refractivity contribution < 1.29 is 9.53 Å². The number of likely N-dealkylation sites (N-methyl/N-ethyl adjacent to an activating group) is 1. The maximum atomic E-state index is 12.7. The van der Waals surface area contributed by atoms with E-state index in [4.69, 9.17) is 9.72 Å². The standard InChI is InChI=1S/C32H33N7O2/c1-33-16-29(40)39-11-3-5-27(39)32-36-24-9-7-18-13-23-21-8-6-19(26-15-35-31(37-26)25-4-2-10-34-25)12-20(21)17-41-28(23)14-22(18)30(24)38-32/h6-9,12-15,25,27,33-34H,2-5,10-11,16-17H2,1H3,(H,35,37)(H,36,38)/t25-,27?/m0/s1. The van der Waals surface area contributed by atoms with Gasteiger partial charge in [0.2, 0.25) is 5.91 Å². The van der Waals surface area contributed by atoms with Crippen molar-refractivity contribution in [1.29, 1.82) is 0 Å². The molecule has 2 saturated heterocycles. The van der Waals surface area contributed by atoms with Crippen molar-refractivity contribution >= 4 is 27.7 Å². The van der Waals surface area contributed by atoms with Gasteiger partial charge in [-0.2, -0.15) is 0 Å². The Labute approximate surface area is 237 Å². The van der Waals surface area contributed by atoms with Gasteiger partial charge in [-0.3, -0.25) is 4.79 Å². The molecule has 3 aliphatic heterocycles. The molecule has 0 saturated carbocycles. The minimum absolute atomic E-state index is 0.0198. The lowest BCUT2D eigenvalue weighted by molar-refractivity contribution is -0.131. The molecule has 8 rings (SSSR count). The highest BCUT2D eigenvalue weighted by Crippen LogP contribution is 2.43. The zero-order valence-corrected chi connectivity index (χ0v) is 23.1. The van der Waals surface area contributed by atoms with E-state index >= 15 is 0 Å². The molecule has 0 spiro atoms. The van der Waals surface area contributed by atoms with Crippen molar-refractivity contribution in [2.75, 3.05) is 26.7 Å². The van der Waals surface area contributed by atoms with Crippen LogP contribution in [0.5, 0.6) is 5.75 Å². The lowest BCUT2D eigenvalue weighted by atomic mass is 9.92. The van der Waals surface area contributed by atoms with Crippen LogP contribution in [0.3, 0.4) is 0 Å². The predicted octanol–water partition coefficient (Wildman–Crippen LogP) is 4.97. The van der Waals surface area contributed by atoms with Gasteiger partial charge in [0.15, 0.2) is 0 Å². The number of imidazole rings is 2. The van der Waals surface area contributed by atoms with E-state index in [9.17, 15) is 4.79 Å². The van der Waals surface area contributed by atoms with Crippen molar-refractivity contribution in [2.45, 2.75) is 44.4 Å². The molecule has 1 amide bonds. The number of benzene rings is 3. The van der Waals surface area contributed by atoms with Crippen LogP contribution in [0.15, 0.2) is 48.7 Å². The van der Waals surface area contributed by atoms with E-state index < -0.39 is 0 Å². The SMILES string of the molecule is CNCC(=O)N1CCCC1c1nc2c(ccc3cc4c(cc32)OCc2cc(-c3cnc([C@@H]5CCCN5)[nH]3)ccc2-4)[nH]1. The van der Waals surface area contributed by atoms with E-state index in [1.54, 1.807) is 7.05 Å². The summed E-state index contributed by atoms with van der Waals surface area (Å²) >= 11 is 0. The Morgan fingerprint density at radius 1 is 1.07 bits per heavy atom. The lowest BCUT2D eigenvalue weighted by Gasteiger charge is -2.23. The molecule has 0 aliphatic carbocycles. The fourth-order valence-corrected chi connectivity index (χ4v) is 6.81. The van der Waals surface area contributed by atoms with Crippen LogP contribution in [0.1, 0.15) is 55.0 Å². The first-order chi connectivity index (χ1) is 20.2. The highest BCUT2D eigenvalue weighted by Gasteiger charge is 2.32. The zero-order chi connectivity index (χ0) is 27.5. The van der Waals surface area contributed by atoms with Gasteiger partial charge in [0.1, 0.15) is 24.0 Å². The van der Waals surface area contributed by atoms with Crippen molar-refractivity contribution in [2.24, 2.45) is 0 Å². The van der Waals surface area contributed by atoms with Gasteiger partial charge in [0, 0.05) is 17.5 Å². The molecular formula is C32H33N7O2.